The summed E-state index contributed by atoms with van der Waals surface area (Å²) in [6.07, 6.45) is 0.916. The van der Waals surface area contributed by atoms with Crippen LogP contribution in [0.4, 0.5) is 15.8 Å². The normalized spacial score (nSPS) is 19.6. The zero-order valence-corrected chi connectivity index (χ0v) is 19.0. The first-order valence-corrected chi connectivity index (χ1v) is 11.3. The third kappa shape index (κ3) is 3.85. The van der Waals surface area contributed by atoms with E-state index in [-0.39, 0.29) is 23.4 Å². The molecule has 0 spiro atoms. The third-order valence-electron chi connectivity index (χ3n) is 6.58. The van der Waals surface area contributed by atoms with Crippen LogP contribution in [0.3, 0.4) is 0 Å². The fourth-order valence-electron chi connectivity index (χ4n) is 5.03. The van der Waals surface area contributed by atoms with Gasteiger partial charge in [0.15, 0.2) is 5.78 Å². The highest BCUT2D eigenvalue weighted by atomic mass is 19.1. The van der Waals surface area contributed by atoms with E-state index >= 15 is 0 Å². The minimum absolute atomic E-state index is 0.0289. The summed E-state index contributed by atoms with van der Waals surface area (Å²) >= 11 is 0. The lowest BCUT2D eigenvalue weighted by molar-refractivity contribution is -0.117. The van der Waals surface area contributed by atoms with Crippen molar-refractivity contribution in [3.8, 4) is 5.75 Å². The molecule has 2 aliphatic rings. The number of carbonyl (C=O) groups excluding carboxylic acids is 2. The van der Waals surface area contributed by atoms with Gasteiger partial charge in [0.25, 0.3) is 0 Å². The van der Waals surface area contributed by atoms with Crippen molar-refractivity contribution in [1.29, 1.82) is 0 Å². The second kappa shape index (κ2) is 8.78. The Morgan fingerprint density at radius 1 is 1.00 bits per heavy atom. The summed E-state index contributed by atoms with van der Waals surface area (Å²) in [6.45, 7) is 1.49. The van der Waals surface area contributed by atoms with Gasteiger partial charge in [-0.05, 0) is 59.9 Å². The zero-order chi connectivity index (χ0) is 23.8. The minimum atomic E-state index is -0.650. The number of ketones is 1. The largest absolute Gasteiger partial charge is 0.497 e. The van der Waals surface area contributed by atoms with Gasteiger partial charge in [0.05, 0.1) is 24.5 Å². The molecule has 0 radical (unpaired) electrons. The molecule has 5 nitrogen and oxygen atoms in total. The van der Waals surface area contributed by atoms with Gasteiger partial charge >= 0.3 is 0 Å². The van der Waals surface area contributed by atoms with Crippen molar-refractivity contribution in [2.45, 2.75) is 31.7 Å². The molecule has 1 N–H and O–H groups in total. The van der Waals surface area contributed by atoms with Crippen molar-refractivity contribution in [3.05, 3.63) is 101 Å². The monoisotopic (exact) mass is 456 g/mol. The molecule has 172 valence electrons. The van der Waals surface area contributed by atoms with Gasteiger partial charge in [-0.3, -0.25) is 14.5 Å². The third-order valence-corrected chi connectivity index (χ3v) is 6.58. The van der Waals surface area contributed by atoms with E-state index in [1.54, 1.807) is 24.1 Å². The van der Waals surface area contributed by atoms with Crippen molar-refractivity contribution < 1.29 is 18.7 Å². The van der Waals surface area contributed by atoms with Gasteiger partial charge in [0.2, 0.25) is 5.91 Å². The van der Waals surface area contributed by atoms with E-state index in [9.17, 15) is 14.0 Å². The van der Waals surface area contributed by atoms with Crippen molar-refractivity contribution in [1.82, 2.24) is 0 Å². The summed E-state index contributed by atoms with van der Waals surface area (Å²) in [5, 5.41) is 3.48. The molecule has 1 aliphatic carbocycles. The molecule has 0 aromatic heterocycles. The lowest BCUT2D eigenvalue weighted by atomic mass is 9.78. The number of Topliss-reactive ketones (excluding diaryl/α,β-unsaturated/α-hetero) is 1. The van der Waals surface area contributed by atoms with Crippen LogP contribution < -0.4 is 15.0 Å². The molecular weight excluding hydrogens is 431 g/mol. The SMILES string of the molecule is COc1cccc([C@@H]2CC(=O)C3=C(C2)Nc2ccccc2N(C(C)=O)[C@H]3c2ccc(F)cc2)c1. The van der Waals surface area contributed by atoms with Crippen LogP contribution in [0, 0.1) is 5.82 Å². The number of allylic oxidation sites excluding steroid dienone is 1. The highest BCUT2D eigenvalue weighted by molar-refractivity contribution is 6.06. The first-order chi connectivity index (χ1) is 16.5. The summed E-state index contributed by atoms with van der Waals surface area (Å²) in [4.78, 5) is 28.4. The topological polar surface area (TPSA) is 58.6 Å². The Labute approximate surface area is 197 Å². The molecule has 0 saturated carbocycles. The molecule has 0 saturated heterocycles. The molecule has 1 aliphatic heterocycles. The van der Waals surface area contributed by atoms with Crippen molar-refractivity contribution in [2.24, 2.45) is 0 Å². The quantitative estimate of drug-likeness (QED) is 0.545. The lowest BCUT2D eigenvalue weighted by Gasteiger charge is -2.34. The molecule has 1 heterocycles. The number of nitrogens with zero attached hydrogens (tertiary/aromatic N) is 1. The van der Waals surface area contributed by atoms with Crippen LogP contribution in [0.5, 0.6) is 5.75 Å². The van der Waals surface area contributed by atoms with Crippen LogP contribution in [0.2, 0.25) is 0 Å². The van der Waals surface area contributed by atoms with Crippen LogP contribution in [-0.4, -0.2) is 18.8 Å². The minimum Gasteiger partial charge on any atom is -0.497 e. The van der Waals surface area contributed by atoms with Crippen molar-refractivity contribution in [2.75, 3.05) is 17.3 Å². The number of benzene rings is 3. The number of fused-ring (bicyclic) bond motifs is 1. The Morgan fingerprint density at radius 3 is 2.50 bits per heavy atom. The van der Waals surface area contributed by atoms with Crippen molar-refractivity contribution >= 4 is 23.1 Å². The number of halogens is 1. The molecule has 1 amide bonds. The number of ether oxygens (including phenoxy) is 1. The molecule has 0 fully saturated rings. The summed E-state index contributed by atoms with van der Waals surface area (Å²) < 4.78 is 19.1. The van der Waals surface area contributed by atoms with E-state index in [0.717, 1.165) is 22.7 Å². The van der Waals surface area contributed by atoms with Crippen LogP contribution in [0.25, 0.3) is 0 Å². The van der Waals surface area contributed by atoms with Crippen LogP contribution in [-0.2, 0) is 9.59 Å². The van der Waals surface area contributed by atoms with Crippen molar-refractivity contribution in [3.63, 3.8) is 0 Å². The van der Waals surface area contributed by atoms with Gasteiger partial charge in [0.1, 0.15) is 11.6 Å². The Hall–Kier alpha value is -3.93. The standard InChI is InChI=1S/C28H25FN2O3/c1-17(32)31-25-9-4-3-8-23(25)30-24-15-20(19-6-5-7-22(14-19)34-2)16-26(33)27(24)28(31)18-10-12-21(29)13-11-18/h3-14,20,28,30H,15-16H2,1-2H3/t20-,28-/m0/s1. The van der Waals surface area contributed by atoms with E-state index in [0.29, 0.717) is 29.7 Å². The number of methoxy groups -OCH3 is 1. The number of para-hydroxylation sites is 2. The average Bonchev–Trinajstić information content (AvgIpc) is 2.99. The van der Waals surface area contributed by atoms with Crippen LogP contribution in [0.15, 0.2) is 84.1 Å². The number of hydrogen-bond acceptors (Lipinski definition) is 4. The number of hydrogen-bond donors (Lipinski definition) is 1. The molecule has 5 rings (SSSR count). The Morgan fingerprint density at radius 2 is 1.76 bits per heavy atom. The number of carbonyl (C=O) groups is 2. The first-order valence-electron chi connectivity index (χ1n) is 11.3. The summed E-state index contributed by atoms with van der Waals surface area (Å²) in [5.41, 5.74) is 4.50. The lowest BCUT2D eigenvalue weighted by Crippen LogP contribution is -2.37. The van der Waals surface area contributed by atoms with Gasteiger partial charge < -0.3 is 10.1 Å². The maximum atomic E-state index is 13.8. The highest BCUT2D eigenvalue weighted by Crippen LogP contribution is 2.47. The van der Waals surface area contributed by atoms with E-state index in [1.807, 2.05) is 48.5 Å². The van der Waals surface area contributed by atoms with E-state index in [4.69, 9.17) is 4.74 Å². The second-order valence-corrected chi connectivity index (χ2v) is 8.68. The molecule has 3 aromatic carbocycles. The summed E-state index contributed by atoms with van der Waals surface area (Å²) in [5.74, 6) is 0.122. The highest BCUT2D eigenvalue weighted by Gasteiger charge is 2.40. The van der Waals surface area contributed by atoms with Gasteiger partial charge in [-0.25, -0.2) is 4.39 Å². The van der Waals surface area contributed by atoms with Crippen LogP contribution >= 0.6 is 0 Å². The van der Waals surface area contributed by atoms with E-state index in [2.05, 4.69) is 5.32 Å². The number of rotatable bonds is 3. The molecule has 0 bridgehead atoms. The molecule has 3 aromatic rings. The van der Waals surface area contributed by atoms with Gasteiger partial charge in [-0.2, -0.15) is 0 Å². The van der Waals surface area contributed by atoms with Gasteiger partial charge in [-0.1, -0.05) is 36.4 Å². The molecule has 34 heavy (non-hydrogen) atoms. The summed E-state index contributed by atoms with van der Waals surface area (Å²) in [6, 6.07) is 20.7. The summed E-state index contributed by atoms with van der Waals surface area (Å²) in [7, 11) is 1.62. The number of nitrogens with one attached hydrogen (secondary N) is 1. The zero-order valence-electron chi connectivity index (χ0n) is 19.0. The average molecular weight is 457 g/mol. The van der Waals surface area contributed by atoms with Gasteiger partial charge in [-0.15, -0.1) is 0 Å². The maximum Gasteiger partial charge on any atom is 0.224 e. The van der Waals surface area contributed by atoms with Crippen LogP contribution in [0.1, 0.15) is 42.9 Å². The maximum absolute atomic E-state index is 13.8. The Bertz CT molecular complexity index is 1300. The molecule has 0 unspecified atom stereocenters. The van der Waals surface area contributed by atoms with E-state index in [1.165, 1.54) is 19.1 Å². The fraction of sp³-hybridized carbons (Fsp3) is 0.214. The Kier molecular flexibility index (Phi) is 5.65. The predicted molar refractivity (Wildman–Crippen MR) is 129 cm³/mol. The number of amides is 1. The molecule has 2 atom stereocenters. The molecular formula is C28H25FN2O3. The number of anilines is 2. The van der Waals surface area contributed by atoms with Gasteiger partial charge in [0, 0.05) is 24.6 Å². The fourth-order valence-corrected chi connectivity index (χ4v) is 5.03. The Balaban J connectivity index is 1.68. The second-order valence-electron chi connectivity index (χ2n) is 8.68. The molecule has 6 heteroatoms. The smallest absolute Gasteiger partial charge is 0.224 e. The first kappa shape index (κ1) is 21.9. The predicted octanol–water partition coefficient (Wildman–Crippen LogP) is 5.75. The van der Waals surface area contributed by atoms with E-state index < -0.39 is 6.04 Å².